The molecule has 1 aromatic rings. The molecule has 1 rings (SSSR count). The SMILES string of the molecule is C=Cc1cccc(C(C(=O)NCCCCC)N(CCO)C(=O)C(CS)NC(=O)OC(C)(C)C)c1. The molecular formula is C25H39N3O5S. The Labute approximate surface area is 208 Å². The largest absolute Gasteiger partial charge is 0.444 e. The maximum Gasteiger partial charge on any atom is 0.408 e. The number of carbonyl (C=O) groups excluding carboxylic acids is 3. The Kier molecular flexibility index (Phi) is 12.7. The van der Waals surface area contributed by atoms with Gasteiger partial charge in [-0.05, 0) is 44.4 Å². The Morgan fingerprint density at radius 2 is 1.97 bits per heavy atom. The van der Waals surface area contributed by atoms with Gasteiger partial charge < -0.3 is 25.4 Å². The Hall–Kier alpha value is -2.52. The summed E-state index contributed by atoms with van der Waals surface area (Å²) in [5, 5.41) is 15.2. The fraction of sp³-hybridized carbons (Fsp3) is 0.560. The van der Waals surface area contributed by atoms with Crippen LogP contribution in [-0.2, 0) is 14.3 Å². The number of aliphatic hydroxyl groups excluding tert-OH is 1. The first kappa shape index (κ1) is 29.5. The van der Waals surface area contributed by atoms with Gasteiger partial charge in [0.05, 0.1) is 6.61 Å². The summed E-state index contributed by atoms with van der Waals surface area (Å²) in [6.45, 7) is 11.0. The average molecular weight is 494 g/mol. The van der Waals surface area contributed by atoms with Crippen LogP contribution in [0.1, 0.15) is 64.1 Å². The second-order valence-electron chi connectivity index (χ2n) is 8.91. The zero-order chi connectivity index (χ0) is 25.7. The Morgan fingerprint density at radius 1 is 1.26 bits per heavy atom. The van der Waals surface area contributed by atoms with Crippen LogP contribution in [0.3, 0.4) is 0 Å². The van der Waals surface area contributed by atoms with Gasteiger partial charge in [-0.2, -0.15) is 12.6 Å². The Balaban J connectivity index is 3.29. The first-order valence-corrected chi connectivity index (χ1v) is 12.2. The van der Waals surface area contributed by atoms with Crippen LogP contribution < -0.4 is 10.6 Å². The summed E-state index contributed by atoms with van der Waals surface area (Å²) in [4.78, 5) is 40.4. The van der Waals surface area contributed by atoms with Crippen LogP contribution >= 0.6 is 12.6 Å². The molecule has 3 N–H and O–H groups in total. The molecule has 1 aromatic carbocycles. The molecule has 0 aliphatic carbocycles. The van der Waals surface area contributed by atoms with Gasteiger partial charge in [-0.15, -0.1) is 0 Å². The number of benzene rings is 1. The van der Waals surface area contributed by atoms with Gasteiger partial charge in [0.25, 0.3) is 0 Å². The molecule has 3 amide bonds. The van der Waals surface area contributed by atoms with Crippen LogP contribution in [0.4, 0.5) is 4.79 Å². The van der Waals surface area contributed by atoms with Gasteiger partial charge in [0.2, 0.25) is 11.8 Å². The number of aliphatic hydroxyl groups is 1. The smallest absolute Gasteiger partial charge is 0.408 e. The Morgan fingerprint density at radius 3 is 2.53 bits per heavy atom. The van der Waals surface area contributed by atoms with Crippen molar-refractivity contribution >= 4 is 36.6 Å². The van der Waals surface area contributed by atoms with Crippen molar-refractivity contribution in [3.8, 4) is 0 Å². The summed E-state index contributed by atoms with van der Waals surface area (Å²) in [5.41, 5.74) is 0.614. The monoisotopic (exact) mass is 493 g/mol. The standard InChI is InChI=1S/C25H39N3O5S/c1-6-8-9-13-26-22(30)21(19-12-10-11-18(7-2)16-19)28(14-15-29)23(31)20(17-34)27-24(32)33-25(3,4)5/h7,10-12,16,20-21,29,34H,2,6,8-9,13-15,17H2,1,3-5H3,(H,26,30)(H,27,32). The molecule has 0 aliphatic heterocycles. The molecule has 0 saturated carbocycles. The molecule has 9 heteroatoms. The van der Waals surface area contributed by atoms with Crippen molar-refractivity contribution in [2.24, 2.45) is 0 Å². The molecule has 0 fully saturated rings. The summed E-state index contributed by atoms with van der Waals surface area (Å²) < 4.78 is 5.26. The van der Waals surface area contributed by atoms with E-state index in [-0.39, 0.29) is 24.8 Å². The molecule has 2 atom stereocenters. The molecule has 0 heterocycles. The van der Waals surface area contributed by atoms with Crippen molar-refractivity contribution in [1.29, 1.82) is 0 Å². The van der Waals surface area contributed by atoms with Gasteiger partial charge in [0.15, 0.2) is 0 Å². The van der Waals surface area contributed by atoms with Gasteiger partial charge in [0, 0.05) is 18.8 Å². The number of hydrogen-bond donors (Lipinski definition) is 4. The lowest BCUT2D eigenvalue weighted by Gasteiger charge is -2.34. The summed E-state index contributed by atoms with van der Waals surface area (Å²) in [6, 6.07) is 5.08. The van der Waals surface area contributed by atoms with Crippen LogP contribution in [0.25, 0.3) is 6.08 Å². The lowest BCUT2D eigenvalue weighted by atomic mass is 10.0. The third-order valence-electron chi connectivity index (χ3n) is 4.90. The molecule has 0 radical (unpaired) electrons. The maximum atomic E-state index is 13.5. The number of nitrogens with one attached hydrogen (secondary N) is 2. The fourth-order valence-electron chi connectivity index (χ4n) is 3.32. The van der Waals surface area contributed by atoms with E-state index in [1.165, 1.54) is 4.90 Å². The van der Waals surface area contributed by atoms with Crippen LogP contribution in [-0.4, -0.2) is 65.0 Å². The van der Waals surface area contributed by atoms with Crippen molar-refractivity contribution < 1.29 is 24.2 Å². The molecule has 190 valence electrons. The van der Waals surface area contributed by atoms with E-state index in [0.29, 0.717) is 12.1 Å². The minimum absolute atomic E-state index is 0.0163. The van der Waals surface area contributed by atoms with Crippen LogP contribution in [0.15, 0.2) is 30.8 Å². The molecular weight excluding hydrogens is 454 g/mol. The third kappa shape index (κ3) is 9.77. The van der Waals surface area contributed by atoms with Gasteiger partial charge >= 0.3 is 6.09 Å². The van der Waals surface area contributed by atoms with Gasteiger partial charge in [-0.1, -0.05) is 50.6 Å². The minimum Gasteiger partial charge on any atom is -0.444 e. The molecule has 2 unspecified atom stereocenters. The normalized spacial score (nSPS) is 12.9. The quantitative estimate of drug-likeness (QED) is 0.249. The number of ether oxygens (including phenoxy) is 1. The summed E-state index contributed by atoms with van der Waals surface area (Å²) in [6.07, 6.45) is 3.68. The minimum atomic E-state index is -1.05. The highest BCUT2D eigenvalue weighted by atomic mass is 32.1. The molecule has 0 aliphatic rings. The average Bonchev–Trinajstić information content (AvgIpc) is 2.78. The number of thiol groups is 1. The predicted molar refractivity (Wildman–Crippen MR) is 138 cm³/mol. The van der Waals surface area contributed by atoms with Gasteiger partial charge in [-0.25, -0.2) is 4.79 Å². The van der Waals surface area contributed by atoms with Crippen LogP contribution in [0.2, 0.25) is 0 Å². The number of amides is 3. The number of hydrogen-bond acceptors (Lipinski definition) is 6. The highest BCUT2D eigenvalue weighted by Gasteiger charge is 2.35. The number of alkyl carbamates (subject to hydrolysis) is 1. The number of nitrogens with zero attached hydrogens (tertiary/aromatic N) is 1. The second kappa shape index (κ2) is 14.7. The van der Waals surface area contributed by atoms with Crippen molar-refractivity contribution in [3.63, 3.8) is 0 Å². The lowest BCUT2D eigenvalue weighted by Crippen LogP contribution is -2.54. The zero-order valence-corrected chi connectivity index (χ0v) is 21.6. The van der Waals surface area contributed by atoms with Crippen molar-refractivity contribution in [2.45, 2.75) is 64.6 Å². The van der Waals surface area contributed by atoms with E-state index in [9.17, 15) is 19.5 Å². The van der Waals surface area contributed by atoms with Crippen molar-refractivity contribution in [1.82, 2.24) is 15.5 Å². The number of rotatable bonds is 13. The summed E-state index contributed by atoms with van der Waals surface area (Å²) >= 11 is 4.23. The van der Waals surface area contributed by atoms with Crippen LogP contribution in [0.5, 0.6) is 0 Å². The Bertz CT molecular complexity index is 825. The van der Waals surface area contributed by atoms with E-state index in [4.69, 9.17) is 4.74 Å². The predicted octanol–water partition coefficient (Wildman–Crippen LogP) is 3.32. The van der Waals surface area contributed by atoms with Crippen LogP contribution in [0, 0.1) is 0 Å². The van der Waals surface area contributed by atoms with E-state index < -0.39 is 29.7 Å². The van der Waals surface area contributed by atoms with Crippen molar-refractivity contribution in [3.05, 3.63) is 42.0 Å². The fourth-order valence-corrected chi connectivity index (χ4v) is 3.57. The summed E-state index contributed by atoms with van der Waals surface area (Å²) in [5.74, 6) is -0.931. The lowest BCUT2D eigenvalue weighted by molar-refractivity contribution is -0.142. The first-order chi connectivity index (χ1) is 16.1. The molecule has 0 saturated heterocycles. The van der Waals surface area contributed by atoms with Gasteiger partial charge in [-0.3, -0.25) is 9.59 Å². The summed E-state index contributed by atoms with van der Waals surface area (Å²) in [7, 11) is 0. The first-order valence-electron chi connectivity index (χ1n) is 11.6. The van der Waals surface area contributed by atoms with E-state index in [1.807, 2.05) is 6.07 Å². The third-order valence-corrected chi connectivity index (χ3v) is 5.26. The molecule has 0 aromatic heterocycles. The molecule has 34 heavy (non-hydrogen) atoms. The van der Waals surface area contributed by atoms with Gasteiger partial charge in [0.1, 0.15) is 17.7 Å². The highest BCUT2D eigenvalue weighted by molar-refractivity contribution is 7.80. The van der Waals surface area contributed by atoms with E-state index in [0.717, 1.165) is 24.8 Å². The maximum absolute atomic E-state index is 13.5. The highest BCUT2D eigenvalue weighted by Crippen LogP contribution is 2.24. The van der Waals surface area contributed by atoms with E-state index in [1.54, 1.807) is 45.0 Å². The second-order valence-corrected chi connectivity index (χ2v) is 9.28. The molecule has 0 spiro atoms. The van der Waals surface area contributed by atoms with Crippen molar-refractivity contribution in [2.75, 3.05) is 25.4 Å². The van der Waals surface area contributed by atoms with E-state index >= 15 is 0 Å². The number of carbonyl (C=O) groups is 3. The van der Waals surface area contributed by atoms with E-state index in [2.05, 4.69) is 36.8 Å². The number of unbranched alkanes of at least 4 members (excludes halogenated alkanes) is 2. The topological polar surface area (TPSA) is 108 Å². The molecule has 0 bridgehead atoms. The molecule has 8 nitrogen and oxygen atoms in total. The zero-order valence-electron chi connectivity index (χ0n) is 20.7.